The Bertz CT molecular complexity index is 960. The number of nitrogens with zero attached hydrogens (tertiary/aromatic N) is 2. The molecule has 7 heteroatoms. The minimum Gasteiger partial charge on any atom is -0.494 e. The highest BCUT2D eigenvalue weighted by atomic mass is 35.5. The molecule has 0 atom stereocenters. The number of benzene rings is 2. The Balaban J connectivity index is 2.21. The van der Waals surface area contributed by atoms with Crippen molar-refractivity contribution in [1.82, 2.24) is 9.78 Å². The van der Waals surface area contributed by atoms with Crippen molar-refractivity contribution in [2.45, 2.75) is 13.8 Å². The fourth-order valence-corrected chi connectivity index (χ4v) is 3.03. The van der Waals surface area contributed by atoms with Gasteiger partial charge in [-0.3, -0.25) is 0 Å². The molecule has 0 saturated carbocycles. The molecule has 1 aromatic heterocycles. The number of carbonyl (C=O) groups excluding carboxylic acids is 1. The number of methoxy groups -OCH3 is 1. The first kappa shape index (κ1) is 19.8. The molecule has 0 aliphatic rings. The molecule has 0 spiro atoms. The molecule has 2 aromatic carbocycles. The van der Waals surface area contributed by atoms with E-state index in [4.69, 9.17) is 25.8 Å². The molecule has 0 fully saturated rings. The Hall–Kier alpha value is -2.99. The predicted octanol–water partition coefficient (Wildman–Crippen LogP) is 4.78. The van der Waals surface area contributed by atoms with E-state index in [0.29, 0.717) is 41.1 Å². The maximum atomic E-state index is 12.1. The highest BCUT2D eigenvalue weighted by Gasteiger charge is 2.19. The summed E-state index contributed by atoms with van der Waals surface area (Å²) in [5, 5.41) is 4.92. The molecule has 0 saturated heterocycles. The number of esters is 1. The van der Waals surface area contributed by atoms with E-state index >= 15 is 0 Å². The van der Waals surface area contributed by atoms with Crippen molar-refractivity contribution in [1.29, 1.82) is 0 Å². The van der Waals surface area contributed by atoms with Crippen LogP contribution in [0.5, 0.6) is 11.5 Å². The Morgan fingerprint density at radius 3 is 2.25 bits per heavy atom. The Kier molecular flexibility index (Phi) is 6.21. The van der Waals surface area contributed by atoms with Gasteiger partial charge in [0.15, 0.2) is 5.69 Å². The Morgan fingerprint density at radius 1 is 1.04 bits per heavy atom. The second-order valence-electron chi connectivity index (χ2n) is 5.83. The monoisotopic (exact) mass is 400 g/mol. The van der Waals surface area contributed by atoms with Crippen molar-refractivity contribution in [3.63, 3.8) is 0 Å². The van der Waals surface area contributed by atoms with Crippen LogP contribution in [-0.4, -0.2) is 36.1 Å². The smallest absolute Gasteiger partial charge is 0.358 e. The first-order valence-corrected chi connectivity index (χ1v) is 9.29. The van der Waals surface area contributed by atoms with Gasteiger partial charge in [0.25, 0.3) is 0 Å². The molecule has 3 aromatic rings. The maximum absolute atomic E-state index is 12.1. The summed E-state index contributed by atoms with van der Waals surface area (Å²) in [6.07, 6.45) is 0. The minimum atomic E-state index is -0.530. The second kappa shape index (κ2) is 8.80. The molecule has 0 amide bonds. The van der Waals surface area contributed by atoms with Crippen LogP contribution < -0.4 is 9.47 Å². The standard InChI is InChI=1S/C21H21ClN2O4/c1-4-27-15-10-14(11-16(12-15)28-5-2)20-13-18(21(25)26-3)23-24(20)19-9-7-6-8-17(19)22/h6-13H,4-5H2,1-3H3. The maximum Gasteiger partial charge on any atom is 0.358 e. The van der Waals surface area contributed by atoms with Crippen molar-refractivity contribution in [3.8, 4) is 28.4 Å². The lowest BCUT2D eigenvalue weighted by Crippen LogP contribution is -2.05. The third-order valence-electron chi connectivity index (χ3n) is 3.98. The van der Waals surface area contributed by atoms with E-state index in [1.807, 2.05) is 50.2 Å². The molecule has 146 valence electrons. The van der Waals surface area contributed by atoms with Crippen LogP contribution in [0, 0.1) is 0 Å². The van der Waals surface area contributed by atoms with Crippen LogP contribution >= 0.6 is 11.6 Å². The van der Waals surface area contributed by atoms with Crippen LogP contribution in [0.2, 0.25) is 5.02 Å². The number of rotatable bonds is 7. The average Bonchev–Trinajstić information content (AvgIpc) is 3.13. The molecule has 1 heterocycles. The van der Waals surface area contributed by atoms with Gasteiger partial charge in [0, 0.05) is 11.6 Å². The predicted molar refractivity (Wildman–Crippen MR) is 108 cm³/mol. The van der Waals surface area contributed by atoms with Crippen molar-refractivity contribution >= 4 is 17.6 Å². The molecule has 0 N–H and O–H groups in total. The third-order valence-corrected chi connectivity index (χ3v) is 4.30. The topological polar surface area (TPSA) is 62.6 Å². The molecule has 0 aliphatic heterocycles. The molecule has 3 rings (SSSR count). The molecule has 0 radical (unpaired) electrons. The van der Waals surface area contributed by atoms with Gasteiger partial charge in [0.1, 0.15) is 11.5 Å². The quantitative estimate of drug-likeness (QED) is 0.534. The van der Waals surface area contributed by atoms with Crippen molar-refractivity contribution in [3.05, 3.63) is 59.2 Å². The van der Waals surface area contributed by atoms with Gasteiger partial charge < -0.3 is 14.2 Å². The van der Waals surface area contributed by atoms with Gasteiger partial charge in [-0.15, -0.1) is 0 Å². The zero-order valence-electron chi connectivity index (χ0n) is 15.9. The number of carbonyl (C=O) groups is 1. The minimum absolute atomic E-state index is 0.178. The van der Waals surface area contributed by atoms with E-state index < -0.39 is 5.97 Å². The molecule has 0 unspecified atom stereocenters. The number of ether oxygens (including phenoxy) is 3. The SMILES string of the molecule is CCOc1cc(OCC)cc(-c2cc(C(=O)OC)nn2-c2ccccc2Cl)c1. The lowest BCUT2D eigenvalue weighted by molar-refractivity contribution is 0.0593. The number of hydrogen-bond acceptors (Lipinski definition) is 5. The molecule has 0 aliphatic carbocycles. The van der Waals surface area contributed by atoms with Crippen LogP contribution in [0.3, 0.4) is 0 Å². The lowest BCUT2D eigenvalue weighted by Gasteiger charge is -2.13. The van der Waals surface area contributed by atoms with Crippen LogP contribution in [0.15, 0.2) is 48.5 Å². The van der Waals surface area contributed by atoms with Gasteiger partial charge in [-0.25, -0.2) is 9.48 Å². The summed E-state index contributed by atoms with van der Waals surface area (Å²) >= 11 is 6.38. The zero-order chi connectivity index (χ0) is 20.1. The third kappa shape index (κ3) is 4.12. The Labute approximate surface area is 168 Å². The van der Waals surface area contributed by atoms with E-state index in [-0.39, 0.29) is 5.69 Å². The van der Waals surface area contributed by atoms with Gasteiger partial charge >= 0.3 is 5.97 Å². The fourth-order valence-electron chi connectivity index (χ4n) is 2.82. The molecule has 0 bridgehead atoms. The summed E-state index contributed by atoms with van der Waals surface area (Å²) in [5.41, 5.74) is 2.26. The zero-order valence-corrected chi connectivity index (χ0v) is 16.7. The summed E-state index contributed by atoms with van der Waals surface area (Å²) in [5.74, 6) is 0.794. The van der Waals surface area contributed by atoms with Crippen LogP contribution in [0.25, 0.3) is 16.9 Å². The first-order valence-electron chi connectivity index (χ1n) is 8.91. The van der Waals surface area contributed by atoms with E-state index in [1.165, 1.54) is 7.11 Å². The number of hydrogen-bond donors (Lipinski definition) is 0. The Morgan fingerprint density at radius 2 is 1.68 bits per heavy atom. The van der Waals surface area contributed by atoms with E-state index in [9.17, 15) is 4.79 Å². The van der Waals surface area contributed by atoms with Gasteiger partial charge in [0.2, 0.25) is 0 Å². The summed E-state index contributed by atoms with van der Waals surface area (Å²) < 4.78 is 17.8. The van der Waals surface area contributed by atoms with E-state index in [0.717, 1.165) is 5.56 Å². The van der Waals surface area contributed by atoms with Crippen molar-refractivity contribution in [2.75, 3.05) is 20.3 Å². The van der Waals surface area contributed by atoms with Crippen LogP contribution in [0.4, 0.5) is 0 Å². The summed E-state index contributed by atoms with van der Waals surface area (Å²) in [4.78, 5) is 12.1. The average molecular weight is 401 g/mol. The van der Waals surface area contributed by atoms with Crippen molar-refractivity contribution < 1.29 is 19.0 Å². The molecule has 28 heavy (non-hydrogen) atoms. The van der Waals surface area contributed by atoms with Crippen LogP contribution in [0.1, 0.15) is 24.3 Å². The van der Waals surface area contributed by atoms with Gasteiger partial charge in [-0.2, -0.15) is 5.10 Å². The number of para-hydroxylation sites is 1. The first-order chi connectivity index (χ1) is 13.6. The van der Waals surface area contributed by atoms with Crippen molar-refractivity contribution in [2.24, 2.45) is 0 Å². The molecule has 6 nitrogen and oxygen atoms in total. The highest BCUT2D eigenvalue weighted by molar-refractivity contribution is 6.32. The molecular formula is C21H21ClN2O4. The fraction of sp³-hybridized carbons (Fsp3) is 0.238. The van der Waals surface area contributed by atoms with Gasteiger partial charge in [-0.05, 0) is 44.2 Å². The highest BCUT2D eigenvalue weighted by Crippen LogP contribution is 2.33. The normalized spacial score (nSPS) is 10.6. The number of halogens is 1. The van der Waals surface area contributed by atoms with Crippen LogP contribution in [-0.2, 0) is 4.74 Å². The van der Waals surface area contributed by atoms with Gasteiger partial charge in [-0.1, -0.05) is 23.7 Å². The summed E-state index contributed by atoms with van der Waals surface area (Å²) in [6.45, 7) is 4.87. The van der Waals surface area contributed by atoms with Gasteiger partial charge in [0.05, 0.1) is 36.7 Å². The number of aromatic nitrogens is 2. The largest absolute Gasteiger partial charge is 0.494 e. The lowest BCUT2D eigenvalue weighted by atomic mass is 10.1. The second-order valence-corrected chi connectivity index (χ2v) is 6.24. The molecular weight excluding hydrogens is 380 g/mol. The van der Waals surface area contributed by atoms with E-state index in [2.05, 4.69) is 5.10 Å². The van der Waals surface area contributed by atoms with E-state index in [1.54, 1.807) is 16.8 Å². The summed E-state index contributed by atoms with van der Waals surface area (Å²) in [6, 6.07) is 14.5. The summed E-state index contributed by atoms with van der Waals surface area (Å²) in [7, 11) is 1.32.